The number of imide groups is 1. The number of amides is 2. The minimum atomic E-state index is -0.531. The summed E-state index contributed by atoms with van der Waals surface area (Å²) < 4.78 is 13.9. The summed E-state index contributed by atoms with van der Waals surface area (Å²) in [6.45, 7) is 0.660. The Hall–Kier alpha value is -3.63. The maximum Gasteiger partial charge on any atom is 0.286 e. The summed E-state index contributed by atoms with van der Waals surface area (Å²) in [5.74, 6) is -0.0173. The predicted molar refractivity (Wildman–Crippen MR) is 142 cm³/mol. The van der Waals surface area contributed by atoms with Gasteiger partial charge in [-0.15, -0.1) is 0 Å². The van der Waals surface area contributed by atoms with E-state index in [9.17, 15) is 14.0 Å². The number of nitrogens with one attached hydrogen (secondary N) is 3. The number of hydrogen-bond acceptors (Lipinski definition) is 8. The van der Waals surface area contributed by atoms with E-state index < -0.39 is 5.25 Å². The number of thioether (sulfide) groups is 1. The van der Waals surface area contributed by atoms with Crippen LogP contribution in [0.1, 0.15) is 36.9 Å². The average Bonchev–Trinajstić information content (AvgIpc) is 3.25. The second kappa shape index (κ2) is 11.6. The Bertz CT molecular complexity index is 1300. The molecule has 3 heterocycles. The van der Waals surface area contributed by atoms with Crippen molar-refractivity contribution in [3.8, 4) is 11.1 Å². The third kappa shape index (κ3) is 6.58. The smallest absolute Gasteiger partial charge is 0.286 e. The lowest BCUT2D eigenvalue weighted by atomic mass is 9.91. The van der Waals surface area contributed by atoms with E-state index in [-0.39, 0.29) is 23.0 Å². The molecule has 10 heteroatoms. The summed E-state index contributed by atoms with van der Waals surface area (Å²) in [5, 5.41) is 8.47. The van der Waals surface area contributed by atoms with Crippen molar-refractivity contribution >= 4 is 34.9 Å². The first-order valence-corrected chi connectivity index (χ1v) is 13.1. The minimum Gasteiger partial charge on any atom is -0.351 e. The second-order valence-corrected chi connectivity index (χ2v) is 10.2. The van der Waals surface area contributed by atoms with Crippen LogP contribution in [-0.4, -0.2) is 43.4 Å². The van der Waals surface area contributed by atoms with Crippen molar-refractivity contribution in [2.75, 3.05) is 5.32 Å². The van der Waals surface area contributed by atoms with E-state index in [0.717, 1.165) is 54.1 Å². The summed E-state index contributed by atoms with van der Waals surface area (Å²) >= 11 is 0.958. The summed E-state index contributed by atoms with van der Waals surface area (Å²) in [6, 6.07) is 11.1. The SMILES string of the molecule is O=C1NC(=O)C(/C=C\c2ccnc(N[C@H]3CC[C@H](NCc4ccc(F)cc4-c4cccnc4)CC3)n2)S1. The summed E-state index contributed by atoms with van der Waals surface area (Å²) in [7, 11) is 0. The van der Waals surface area contributed by atoms with Gasteiger partial charge in [0.05, 0.1) is 5.69 Å². The quantitative estimate of drug-likeness (QED) is 0.398. The zero-order valence-corrected chi connectivity index (χ0v) is 20.9. The van der Waals surface area contributed by atoms with Crippen LogP contribution in [0.3, 0.4) is 0 Å². The van der Waals surface area contributed by atoms with Crippen molar-refractivity contribution in [3.63, 3.8) is 0 Å². The molecule has 190 valence electrons. The van der Waals surface area contributed by atoms with E-state index >= 15 is 0 Å². The topological polar surface area (TPSA) is 109 Å². The van der Waals surface area contributed by atoms with Gasteiger partial charge in [-0.2, -0.15) is 0 Å². The third-order valence-corrected chi connectivity index (χ3v) is 7.46. The molecule has 37 heavy (non-hydrogen) atoms. The fourth-order valence-electron chi connectivity index (χ4n) is 4.59. The first kappa shape index (κ1) is 25.0. The zero-order chi connectivity index (χ0) is 25.6. The fraction of sp³-hybridized carbons (Fsp3) is 0.296. The van der Waals surface area contributed by atoms with Gasteiger partial charge in [-0.1, -0.05) is 18.2 Å². The first-order valence-electron chi connectivity index (χ1n) is 12.2. The molecule has 1 atom stereocenters. The van der Waals surface area contributed by atoms with Gasteiger partial charge in [0.25, 0.3) is 5.24 Å². The molecule has 0 spiro atoms. The van der Waals surface area contributed by atoms with Crippen LogP contribution in [0.4, 0.5) is 15.1 Å². The maximum absolute atomic E-state index is 13.9. The maximum atomic E-state index is 13.9. The van der Waals surface area contributed by atoms with E-state index in [1.54, 1.807) is 42.9 Å². The molecule has 1 aromatic carbocycles. The Morgan fingerprint density at radius 3 is 2.68 bits per heavy atom. The molecule has 1 aliphatic carbocycles. The van der Waals surface area contributed by atoms with E-state index in [1.165, 1.54) is 6.07 Å². The highest BCUT2D eigenvalue weighted by Crippen LogP contribution is 2.26. The zero-order valence-electron chi connectivity index (χ0n) is 20.1. The molecule has 2 aromatic heterocycles. The number of halogens is 1. The normalized spacial score (nSPS) is 21.8. The molecular formula is C27H27FN6O2S. The van der Waals surface area contributed by atoms with Crippen LogP contribution < -0.4 is 16.0 Å². The largest absolute Gasteiger partial charge is 0.351 e. The molecule has 1 saturated carbocycles. The Morgan fingerprint density at radius 2 is 1.92 bits per heavy atom. The van der Waals surface area contributed by atoms with E-state index in [0.29, 0.717) is 24.2 Å². The van der Waals surface area contributed by atoms with Crippen molar-refractivity contribution < 1.29 is 14.0 Å². The van der Waals surface area contributed by atoms with Crippen molar-refractivity contribution in [1.29, 1.82) is 0 Å². The molecule has 1 aliphatic heterocycles. The lowest BCUT2D eigenvalue weighted by molar-refractivity contribution is -0.118. The van der Waals surface area contributed by atoms with Gasteiger partial charge < -0.3 is 10.6 Å². The highest BCUT2D eigenvalue weighted by atomic mass is 32.2. The van der Waals surface area contributed by atoms with Crippen molar-refractivity contribution in [2.45, 2.75) is 49.6 Å². The van der Waals surface area contributed by atoms with E-state index in [2.05, 4.69) is 30.9 Å². The van der Waals surface area contributed by atoms with Gasteiger partial charge in [0, 0.05) is 42.8 Å². The first-order chi connectivity index (χ1) is 18.0. The lowest BCUT2D eigenvalue weighted by Gasteiger charge is -2.30. The van der Waals surface area contributed by atoms with Crippen LogP contribution in [-0.2, 0) is 11.3 Å². The molecule has 3 aromatic rings. The molecule has 0 radical (unpaired) electrons. The molecular weight excluding hydrogens is 491 g/mol. The van der Waals surface area contributed by atoms with Crippen LogP contribution in [0.15, 0.2) is 61.1 Å². The fourth-order valence-corrected chi connectivity index (χ4v) is 5.30. The van der Waals surface area contributed by atoms with E-state index in [4.69, 9.17) is 0 Å². The molecule has 2 fully saturated rings. The number of rotatable bonds is 8. The minimum absolute atomic E-state index is 0.256. The highest BCUT2D eigenvalue weighted by Gasteiger charge is 2.29. The molecule has 0 bridgehead atoms. The van der Waals surface area contributed by atoms with Gasteiger partial charge in [-0.25, -0.2) is 14.4 Å². The highest BCUT2D eigenvalue weighted by molar-refractivity contribution is 8.15. The van der Waals surface area contributed by atoms with Gasteiger partial charge >= 0.3 is 0 Å². The lowest BCUT2D eigenvalue weighted by Crippen LogP contribution is -2.37. The van der Waals surface area contributed by atoms with Gasteiger partial charge in [0.1, 0.15) is 11.1 Å². The second-order valence-electron chi connectivity index (χ2n) is 9.10. The summed E-state index contributed by atoms with van der Waals surface area (Å²) in [4.78, 5) is 36.1. The van der Waals surface area contributed by atoms with Crippen molar-refractivity contribution in [2.24, 2.45) is 0 Å². The van der Waals surface area contributed by atoms with Crippen LogP contribution in [0, 0.1) is 5.82 Å². The van der Waals surface area contributed by atoms with Crippen molar-refractivity contribution in [1.82, 2.24) is 25.6 Å². The van der Waals surface area contributed by atoms with Gasteiger partial charge in [-0.05, 0) is 78.9 Å². The number of hydrogen-bond donors (Lipinski definition) is 3. The van der Waals surface area contributed by atoms with Crippen LogP contribution in [0.25, 0.3) is 17.2 Å². The number of anilines is 1. The summed E-state index contributed by atoms with van der Waals surface area (Å²) in [5.41, 5.74) is 3.48. The number of benzene rings is 1. The number of pyridine rings is 1. The van der Waals surface area contributed by atoms with Crippen molar-refractivity contribution in [3.05, 3.63) is 78.1 Å². The van der Waals surface area contributed by atoms with E-state index in [1.807, 2.05) is 18.2 Å². The molecule has 3 N–H and O–H groups in total. The van der Waals surface area contributed by atoms with Gasteiger partial charge in [0.2, 0.25) is 11.9 Å². The number of aromatic nitrogens is 3. The molecule has 1 saturated heterocycles. The molecule has 2 amide bonds. The molecule has 5 rings (SSSR count). The third-order valence-electron chi connectivity index (χ3n) is 6.52. The standard InChI is InChI=1S/C27H27FN6O2S/c28-19-4-3-18(23(14-19)17-2-1-12-29-15-17)16-31-20-5-7-21(8-6-20)32-26-30-13-11-22(33-26)9-10-24-25(35)34-27(36)37-24/h1-4,9-15,20-21,24,31H,5-8,16H2,(H,30,32,33)(H,34,35,36)/b10-9-/t20-,21-,24?. The monoisotopic (exact) mass is 518 g/mol. The van der Waals surface area contributed by atoms with Crippen LogP contribution in [0.2, 0.25) is 0 Å². The average molecular weight is 519 g/mol. The molecule has 8 nitrogen and oxygen atoms in total. The van der Waals surface area contributed by atoms with Gasteiger partial charge in [0.15, 0.2) is 0 Å². The number of nitrogens with zero attached hydrogens (tertiary/aromatic N) is 3. The van der Waals surface area contributed by atoms with Crippen LogP contribution in [0.5, 0.6) is 0 Å². The molecule has 2 aliphatic rings. The Morgan fingerprint density at radius 1 is 1.08 bits per heavy atom. The summed E-state index contributed by atoms with van der Waals surface area (Å²) in [6.07, 6.45) is 12.5. The van der Waals surface area contributed by atoms with Gasteiger partial charge in [-0.3, -0.25) is 19.9 Å². The van der Waals surface area contributed by atoms with Crippen LogP contribution >= 0.6 is 11.8 Å². The molecule has 1 unspecified atom stereocenters. The predicted octanol–water partition coefficient (Wildman–Crippen LogP) is 4.56. The Kier molecular flexibility index (Phi) is 7.86. The Balaban J connectivity index is 1.12. The number of carbonyl (C=O) groups excluding carboxylic acids is 2. The number of carbonyl (C=O) groups is 2. The Labute approximate surface area is 218 Å².